The zero-order valence-electron chi connectivity index (χ0n) is 13.4. The minimum atomic E-state index is -0.472. The van der Waals surface area contributed by atoms with E-state index in [2.05, 4.69) is 18.1 Å². The van der Waals surface area contributed by atoms with Crippen LogP contribution in [0.3, 0.4) is 0 Å². The Morgan fingerprint density at radius 1 is 1.50 bits per heavy atom. The number of hydrogen-bond donors (Lipinski definition) is 0. The first-order valence-electron chi connectivity index (χ1n) is 7.58. The molecule has 0 saturated carbocycles. The summed E-state index contributed by atoms with van der Waals surface area (Å²) < 4.78 is 7.43. The van der Waals surface area contributed by atoms with Gasteiger partial charge in [-0.25, -0.2) is 10.5 Å². The molecule has 22 heavy (non-hydrogen) atoms. The van der Waals surface area contributed by atoms with Gasteiger partial charge < -0.3 is 15.0 Å². The third kappa shape index (κ3) is 2.75. The number of nitrogens with zero attached hydrogens (tertiary/aromatic N) is 3. The van der Waals surface area contributed by atoms with Crippen molar-refractivity contribution in [2.24, 2.45) is 0 Å². The Balaban J connectivity index is 1.72. The number of hydrogen-bond acceptors (Lipinski definition) is 2. The molecule has 3 aliphatic heterocycles. The first-order chi connectivity index (χ1) is 10.3. The van der Waals surface area contributed by atoms with Gasteiger partial charge in [0.2, 0.25) is 0 Å². The number of rotatable bonds is 1. The van der Waals surface area contributed by atoms with Crippen LogP contribution in [0.5, 0.6) is 0 Å². The van der Waals surface area contributed by atoms with Gasteiger partial charge in [-0.15, -0.1) is 0 Å². The fourth-order valence-corrected chi connectivity index (χ4v) is 2.86. The summed E-state index contributed by atoms with van der Waals surface area (Å²) >= 11 is 0. The molecule has 1 saturated heterocycles. The maximum Gasteiger partial charge on any atom is 0.410 e. The maximum atomic E-state index is 12.2. The normalized spacial score (nSPS) is 21.0. The van der Waals surface area contributed by atoms with Gasteiger partial charge in [-0.2, -0.15) is 0 Å². The van der Waals surface area contributed by atoms with Crippen LogP contribution in [0.2, 0.25) is 0 Å². The summed E-state index contributed by atoms with van der Waals surface area (Å²) in [5, 5.41) is 4.53. The van der Waals surface area contributed by atoms with Crippen LogP contribution >= 0.6 is 0 Å². The second-order valence-corrected chi connectivity index (χ2v) is 6.76. The number of ether oxygens (including phenoxy) is 1. The minimum Gasteiger partial charge on any atom is -0.750 e. The summed E-state index contributed by atoms with van der Waals surface area (Å²) in [5.74, 6) is 0. The van der Waals surface area contributed by atoms with Crippen molar-refractivity contribution in [2.75, 3.05) is 19.6 Å². The van der Waals surface area contributed by atoms with Crippen molar-refractivity contribution in [3.05, 3.63) is 46.6 Å². The molecular weight excluding hydrogens is 278 g/mol. The molecule has 0 aromatic rings. The molecule has 0 aromatic carbocycles. The van der Waals surface area contributed by atoms with Gasteiger partial charge in [0, 0.05) is 19.5 Å². The molecule has 1 fully saturated rings. The first-order valence-corrected chi connectivity index (χ1v) is 7.58. The summed E-state index contributed by atoms with van der Waals surface area (Å²) in [6.45, 7) is 11.7. The second-order valence-electron chi connectivity index (χ2n) is 6.76. The van der Waals surface area contributed by atoms with Gasteiger partial charge in [0.15, 0.2) is 0 Å². The van der Waals surface area contributed by atoms with Crippen LogP contribution in [0.4, 0.5) is 4.79 Å². The van der Waals surface area contributed by atoms with Crippen molar-refractivity contribution < 1.29 is 14.1 Å². The average molecular weight is 300 g/mol. The van der Waals surface area contributed by atoms with Crippen molar-refractivity contribution in [1.82, 2.24) is 4.90 Å². The van der Waals surface area contributed by atoms with E-state index in [1.54, 1.807) is 4.90 Å². The van der Waals surface area contributed by atoms with Gasteiger partial charge in [-0.05, 0) is 20.8 Å². The van der Waals surface area contributed by atoms with Crippen molar-refractivity contribution in [2.45, 2.75) is 32.8 Å². The average Bonchev–Trinajstić information content (AvgIpc) is 3.04. The number of carbonyl (C=O) groups is 1. The van der Waals surface area contributed by atoms with E-state index in [1.807, 2.05) is 37.6 Å². The van der Waals surface area contributed by atoms with E-state index >= 15 is 0 Å². The van der Waals surface area contributed by atoms with Crippen molar-refractivity contribution in [3.8, 4) is 0 Å². The van der Waals surface area contributed by atoms with Crippen molar-refractivity contribution >= 4 is 12.8 Å². The van der Waals surface area contributed by atoms with Crippen molar-refractivity contribution in [1.29, 1.82) is 0 Å². The van der Waals surface area contributed by atoms with Gasteiger partial charge in [0.25, 0.3) is 0 Å². The van der Waals surface area contributed by atoms with E-state index in [4.69, 9.17) is 4.74 Å². The van der Waals surface area contributed by atoms with Crippen LogP contribution in [0.1, 0.15) is 27.2 Å². The smallest absolute Gasteiger partial charge is 0.410 e. The SMILES string of the molecule is C=[N+]1CCC2=C(C3=CCN(C(=O)OC(C)(C)C)C3)[N-]C=C[C-]21. The molecule has 0 bridgehead atoms. The third-order valence-corrected chi connectivity index (χ3v) is 3.88. The molecule has 3 aliphatic rings. The summed E-state index contributed by atoms with van der Waals surface area (Å²) in [6.07, 6.45) is 6.56. The lowest BCUT2D eigenvalue weighted by Gasteiger charge is -2.37. The summed E-state index contributed by atoms with van der Waals surface area (Å²) in [6, 6.07) is 1.14. The van der Waals surface area contributed by atoms with E-state index in [1.165, 1.54) is 5.57 Å². The predicted molar refractivity (Wildman–Crippen MR) is 85.5 cm³/mol. The fraction of sp³-hybridized carbons (Fsp3) is 0.471. The van der Waals surface area contributed by atoms with E-state index in [0.29, 0.717) is 13.1 Å². The fourth-order valence-electron chi connectivity index (χ4n) is 2.86. The molecule has 0 unspecified atom stereocenters. The van der Waals surface area contributed by atoms with E-state index in [0.717, 1.165) is 30.3 Å². The topological polar surface area (TPSA) is 46.6 Å². The number of fused-ring (bicyclic) bond motifs is 1. The first kappa shape index (κ1) is 14.8. The Hall–Kier alpha value is -2.17. The van der Waals surface area contributed by atoms with Crippen LogP contribution in [0.15, 0.2) is 35.2 Å². The van der Waals surface area contributed by atoms with Crippen LogP contribution in [-0.2, 0) is 4.74 Å². The van der Waals surface area contributed by atoms with E-state index in [-0.39, 0.29) is 6.09 Å². The van der Waals surface area contributed by atoms with Crippen LogP contribution in [0.25, 0.3) is 5.32 Å². The molecule has 0 aromatic heterocycles. The third-order valence-electron chi connectivity index (χ3n) is 3.88. The molecule has 0 N–H and O–H groups in total. The Morgan fingerprint density at radius 3 is 3.00 bits per heavy atom. The largest absolute Gasteiger partial charge is 0.750 e. The highest BCUT2D eigenvalue weighted by Gasteiger charge is 2.28. The molecule has 0 spiro atoms. The predicted octanol–water partition coefficient (Wildman–Crippen LogP) is 2.97. The van der Waals surface area contributed by atoms with Gasteiger partial charge in [-0.1, -0.05) is 23.3 Å². The zero-order chi connectivity index (χ0) is 15.9. The van der Waals surface area contributed by atoms with Crippen LogP contribution in [0, 0.1) is 6.04 Å². The molecule has 0 atom stereocenters. The molecular formula is C17H22N3O2-. The standard InChI is InChI=1S/C17H22N3O2/c1-17(2,3)22-16(21)20-10-6-12(11-20)15-13-7-9-19(4)14(13)5-8-18-15/h5-6,8H,4,7,9-11H2,1-3H3/q-1. The molecule has 5 nitrogen and oxygen atoms in total. The summed E-state index contributed by atoms with van der Waals surface area (Å²) in [7, 11) is 0. The van der Waals surface area contributed by atoms with Gasteiger partial charge in [-0.3, -0.25) is 10.8 Å². The lowest BCUT2D eigenvalue weighted by Crippen LogP contribution is -2.35. The van der Waals surface area contributed by atoms with E-state index in [9.17, 15) is 4.79 Å². The maximum absolute atomic E-state index is 12.2. The van der Waals surface area contributed by atoms with Gasteiger partial charge in [0.05, 0.1) is 6.72 Å². The zero-order valence-corrected chi connectivity index (χ0v) is 13.4. The Bertz CT molecular complexity index is 608. The van der Waals surface area contributed by atoms with Crippen LogP contribution in [-0.4, -0.2) is 47.5 Å². The van der Waals surface area contributed by atoms with Gasteiger partial charge >= 0.3 is 6.09 Å². The quantitative estimate of drug-likeness (QED) is 0.552. The van der Waals surface area contributed by atoms with Crippen molar-refractivity contribution in [3.63, 3.8) is 0 Å². The molecule has 5 heteroatoms. The van der Waals surface area contributed by atoms with E-state index < -0.39 is 5.60 Å². The highest BCUT2D eigenvalue weighted by atomic mass is 16.6. The highest BCUT2D eigenvalue weighted by molar-refractivity contribution is 5.71. The Morgan fingerprint density at radius 2 is 2.27 bits per heavy atom. The molecule has 118 valence electrons. The Kier molecular flexibility index (Phi) is 3.51. The summed E-state index contributed by atoms with van der Waals surface area (Å²) in [5.41, 5.74) is 2.85. The summed E-state index contributed by atoms with van der Waals surface area (Å²) in [4.78, 5) is 13.9. The molecule has 3 rings (SSSR count). The molecule has 3 heterocycles. The lowest BCUT2D eigenvalue weighted by molar-refractivity contribution is -0.475. The molecule has 1 amide bonds. The molecule has 0 radical (unpaired) electrons. The van der Waals surface area contributed by atoms with Gasteiger partial charge in [0.1, 0.15) is 18.2 Å². The monoisotopic (exact) mass is 300 g/mol. The molecule has 0 aliphatic carbocycles. The second kappa shape index (κ2) is 5.23. The number of carbonyl (C=O) groups excluding carboxylic acids is 1. The highest BCUT2D eigenvalue weighted by Crippen LogP contribution is 2.39. The number of amides is 1. The Labute approximate surface area is 131 Å². The minimum absolute atomic E-state index is 0.273. The van der Waals surface area contributed by atoms with Crippen LogP contribution < -0.4 is 0 Å². The lowest BCUT2D eigenvalue weighted by atomic mass is 9.98.